The molecule has 0 radical (unpaired) electrons. The molecular weight excluding hydrogens is 236 g/mol. The lowest BCUT2D eigenvalue weighted by molar-refractivity contribution is 0.540. The van der Waals surface area contributed by atoms with Crippen LogP contribution in [-0.2, 0) is 0 Å². The molecule has 0 aromatic rings. The highest BCUT2D eigenvalue weighted by atomic mass is 32.1. The summed E-state index contributed by atoms with van der Waals surface area (Å²) in [5, 5.41) is 2.67. The van der Waals surface area contributed by atoms with Crippen LogP contribution in [0.15, 0.2) is 6.08 Å². The van der Waals surface area contributed by atoms with Crippen LogP contribution in [0.5, 0.6) is 0 Å². The van der Waals surface area contributed by atoms with Crippen molar-refractivity contribution in [1.82, 2.24) is 0 Å². The molecule has 0 aliphatic heterocycles. The van der Waals surface area contributed by atoms with E-state index in [1.807, 2.05) is 6.08 Å². The second-order valence-corrected chi connectivity index (χ2v) is 5.59. The molecule has 0 nitrogen and oxygen atoms in total. The first-order valence-corrected chi connectivity index (χ1v) is 8.52. The first kappa shape index (κ1) is 17.9. The topological polar surface area (TPSA) is 0 Å². The number of rotatable bonds is 14. The molecule has 0 spiro atoms. The number of hydrogen-bond acceptors (Lipinski definition) is 1. The van der Waals surface area contributed by atoms with Crippen molar-refractivity contribution >= 4 is 17.2 Å². The summed E-state index contributed by atoms with van der Waals surface area (Å²) in [6, 6.07) is 0. The summed E-state index contributed by atoms with van der Waals surface area (Å²) >= 11 is 4.64. The third kappa shape index (κ3) is 15.9. The van der Waals surface area contributed by atoms with Gasteiger partial charge in [0.25, 0.3) is 0 Å². The highest BCUT2D eigenvalue weighted by Gasteiger charge is 1.93. The van der Waals surface area contributed by atoms with Crippen LogP contribution < -0.4 is 0 Å². The Kier molecular flexibility index (Phi) is 16.7. The van der Waals surface area contributed by atoms with Gasteiger partial charge in [-0.1, -0.05) is 89.0 Å². The number of unbranched alkanes of at least 4 members (excludes halogenated alkanes) is 13. The first-order valence-electron chi connectivity index (χ1n) is 8.11. The number of allylic oxidation sites excluding steroid dienone is 1. The van der Waals surface area contributed by atoms with E-state index in [2.05, 4.69) is 24.2 Å². The highest BCUT2D eigenvalue weighted by molar-refractivity contribution is 7.78. The van der Waals surface area contributed by atoms with E-state index >= 15 is 0 Å². The fraction of sp³-hybridized carbons (Fsp3) is 0.882. The van der Waals surface area contributed by atoms with E-state index < -0.39 is 0 Å². The average Bonchev–Trinajstić information content (AvgIpc) is 2.39. The molecule has 0 saturated carbocycles. The van der Waals surface area contributed by atoms with E-state index in [1.54, 1.807) is 0 Å². The van der Waals surface area contributed by atoms with Gasteiger partial charge in [-0.05, 0) is 31.1 Å². The molecule has 106 valence electrons. The number of thiocarbonyl (C=S) groups is 1. The summed E-state index contributed by atoms with van der Waals surface area (Å²) in [4.78, 5) is 0. The average molecular weight is 269 g/mol. The quantitative estimate of drug-likeness (QED) is 0.252. The van der Waals surface area contributed by atoms with Gasteiger partial charge in [-0.15, -0.1) is 0 Å². The zero-order valence-corrected chi connectivity index (χ0v) is 13.2. The minimum Gasteiger partial charge on any atom is -0.0654 e. The molecule has 0 aliphatic rings. The van der Waals surface area contributed by atoms with E-state index in [-0.39, 0.29) is 0 Å². The van der Waals surface area contributed by atoms with Gasteiger partial charge in [0.05, 0.1) is 0 Å². The van der Waals surface area contributed by atoms with Gasteiger partial charge in [0.1, 0.15) is 0 Å². The molecule has 0 rings (SSSR count). The van der Waals surface area contributed by atoms with E-state index in [1.165, 1.54) is 83.5 Å². The Morgan fingerprint density at radius 1 is 0.667 bits per heavy atom. The molecule has 0 saturated heterocycles. The van der Waals surface area contributed by atoms with E-state index in [0.29, 0.717) is 0 Å². The molecule has 18 heavy (non-hydrogen) atoms. The maximum absolute atomic E-state index is 4.64. The van der Waals surface area contributed by atoms with Gasteiger partial charge in [-0.25, -0.2) is 0 Å². The van der Waals surface area contributed by atoms with Crippen LogP contribution >= 0.6 is 12.2 Å². The van der Waals surface area contributed by atoms with Gasteiger partial charge < -0.3 is 0 Å². The minimum absolute atomic E-state index is 1.13. The van der Waals surface area contributed by atoms with E-state index in [0.717, 1.165) is 6.42 Å². The smallest absolute Gasteiger partial charge is 0.0266 e. The molecule has 0 heterocycles. The summed E-state index contributed by atoms with van der Waals surface area (Å²) in [7, 11) is 0. The lowest BCUT2D eigenvalue weighted by atomic mass is 10.0. The fourth-order valence-corrected chi connectivity index (χ4v) is 2.44. The third-order valence-corrected chi connectivity index (χ3v) is 3.70. The third-order valence-electron chi connectivity index (χ3n) is 3.54. The molecule has 0 atom stereocenters. The van der Waals surface area contributed by atoms with Gasteiger partial charge in [0.2, 0.25) is 0 Å². The molecule has 0 amide bonds. The van der Waals surface area contributed by atoms with E-state index in [4.69, 9.17) is 0 Å². The Bertz CT molecular complexity index is 192. The SMILES string of the molecule is CCCCCCCCCCCCCCCC=C=S. The Balaban J connectivity index is 2.92. The van der Waals surface area contributed by atoms with Crippen molar-refractivity contribution in [2.45, 2.75) is 96.8 Å². The maximum atomic E-state index is 4.64. The predicted molar refractivity (Wildman–Crippen MR) is 87.5 cm³/mol. The molecule has 0 aromatic heterocycles. The molecule has 0 N–H and O–H groups in total. The van der Waals surface area contributed by atoms with Crippen LogP contribution in [0.2, 0.25) is 0 Å². The van der Waals surface area contributed by atoms with Gasteiger partial charge in [-0.2, -0.15) is 0 Å². The van der Waals surface area contributed by atoms with Crippen molar-refractivity contribution in [3.63, 3.8) is 0 Å². The monoisotopic (exact) mass is 268 g/mol. The van der Waals surface area contributed by atoms with Crippen molar-refractivity contribution in [2.75, 3.05) is 0 Å². The summed E-state index contributed by atoms with van der Waals surface area (Å²) in [6.07, 6.45) is 21.6. The molecule has 0 aromatic carbocycles. The van der Waals surface area contributed by atoms with Gasteiger partial charge in [-0.3, -0.25) is 0 Å². The van der Waals surface area contributed by atoms with Crippen molar-refractivity contribution < 1.29 is 0 Å². The Morgan fingerprint density at radius 3 is 1.44 bits per heavy atom. The summed E-state index contributed by atoms with van der Waals surface area (Å²) in [6.45, 7) is 2.28. The van der Waals surface area contributed by atoms with Crippen molar-refractivity contribution in [3.05, 3.63) is 6.08 Å². The predicted octanol–water partition coefficient (Wildman–Crippen LogP) is 6.62. The van der Waals surface area contributed by atoms with Crippen LogP contribution in [0.3, 0.4) is 0 Å². The van der Waals surface area contributed by atoms with Crippen LogP contribution in [-0.4, -0.2) is 5.02 Å². The standard InChI is InChI=1S/C17H32S/c1-2-3-4-5-6-7-8-9-10-11-12-13-14-15-16-17-18/h16H,2-15H2,1H3. The van der Waals surface area contributed by atoms with Crippen molar-refractivity contribution in [3.8, 4) is 0 Å². The largest absolute Gasteiger partial charge is 0.0654 e. The minimum atomic E-state index is 1.13. The first-order chi connectivity index (χ1) is 8.91. The van der Waals surface area contributed by atoms with Crippen LogP contribution in [0.4, 0.5) is 0 Å². The molecule has 0 fully saturated rings. The maximum Gasteiger partial charge on any atom is -0.0266 e. The van der Waals surface area contributed by atoms with Crippen molar-refractivity contribution in [1.29, 1.82) is 0 Å². The second kappa shape index (κ2) is 16.9. The summed E-state index contributed by atoms with van der Waals surface area (Å²) in [5.74, 6) is 0. The van der Waals surface area contributed by atoms with Gasteiger partial charge >= 0.3 is 0 Å². The Hall–Kier alpha value is -0.130. The molecular formula is C17H32S. The lowest BCUT2D eigenvalue weighted by Gasteiger charge is -2.02. The molecule has 0 aliphatic carbocycles. The molecule has 1 heteroatoms. The van der Waals surface area contributed by atoms with Gasteiger partial charge in [0.15, 0.2) is 0 Å². The molecule has 0 bridgehead atoms. The van der Waals surface area contributed by atoms with Crippen molar-refractivity contribution in [2.24, 2.45) is 0 Å². The Morgan fingerprint density at radius 2 is 1.06 bits per heavy atom. The van der Waals surface area contributed by atoms with Gasteiger partial charge in [0, 0.05) is 0 Å². The number of hydrogen-bond donors (Lipinski definition) is 0. The summed E-state index contributed by atoms with van der Waals surface area (Å²) < 4.78 is 0. The van der Waals surface area contributed by atoms with Crippen LogP contribution in [0.1, 0.15) is 96.8 Å². The zero-order valence-electron chi connectivity index (χ0n) is 12.4. The Labute approximate surface area is 120 Å². The van der Waals surface area contributed by atoms with Crippen LogP contribution in [0.25, 0.3) is 0 Å². The summed E-state index contributed by atoms with van der Waals surface area (Å²) in [5.41, 5.74) is 0. The fourth-order valence-electron chi connectivity index (χ4n) is 2.32. The van der Waals surface area contributed by atoms with E-state index in [9.17, 15) is 0 Å². The second-order valence-electron chi connectivity index (χ2n) is 5.35. The zero-order chi connectivity index (χ0) is 13.3. The highest BCUT2D eigenvalue weighted by Crippen LogP contribution is 2.12. The van der Waals surface area contributed by atoms with Crippen LogP contribution in [0, 0.1) is 0 Å². The lowest BCUT2D eigenvalue weighted by Crippen LogP contribution is -1.82. The normalized spacial score (nSPS) is 10.3. The molecule has 0 unspecified atom stereocenters.